The normalized spacial score (nSPS) is 21.6. The number of amides is 1. The summed E-state index contributed by atoms with van der Waals surface area (Å²) in [6.45, 7) is 4.93. The van der Waals surface area contributed by atoms with Gasteiger partial charge in [-0.15, -0.1) is 0 Å². The SMILES string of the molecule is CC1CCN(c2ccc(C(=O)N3CCCC3CN)cc2[N+](=O)[O-])CC1. The molecule has 0 spiro atoms. The molecule has 25 heavy (non-hydrogen) atoms. The van der Waals surface area contributed by atoms with Crippen LogP contribution in [0.4, 0.5) is 11.4 Å². The molecule has 1 aromatic rings. The van der Waals surface area contributed by atoms with Crippen LogP contribution in [0.1, 0.15) is 43.0 Å². The Labute approximate surface area is 147 Å². The highest BCUT2D eigenvalue weighted by molar-refractivity contribution is 5.96. The standard InChI is InChI=1S/C18H26N4O3/c1-13-6-9-20(10-7-13)16-5-4-14(11-17(16)22(24)25)18(23)21-8-2-3-15(21)12-19/h4-5,11,13,15H,2-3,6-10,12,19H2,1H3. The van der Waals surface area contributed by atoms with Crippen molar-refractivity contribution < 1.29 is 9.72 Å². The van der Waals surface area contributed by atoms with E-state index in [0.29, 0.717) is 30.3 Å². The van der Waals surface area contributed by atoms with Crippen LogP contribution >= 0.6 is 0 Å². The Balaban J connectivity index is 1.86. The molecule has 2 N–H and O–H groups in total. The average Bonchev–Trinajstić information content (AvgIpc) is 3.10. The number of nitro benzene ring substituents is 1. The Kier molecular flexibility index (Phi) is 5.22. The van der Waals surface area contributed by atoms with Crippen molar-refractivity contribution in [1.29, 1.82) is 0 Å². The van der Waals surface area contributed by atoms with Crippen molar-refractivity contribution in [2.75, 3.05) is 31.1 Å². The molecule has 0 aliphatic carbocycles. The fourth-order valence-corrected chi connectivity index (χ4v) is 3.83. The number of benzene rings is 1. The minimum absolute atomic E-state index is 0.0175. The highest BCUT2D eigenvalue weighted by atomic mass is 16.6. The number of piperidine rings is 1. The van der Waals surface area contributed by atoms with E-state index in [9.17, 15) is 14.9 Å². The Morgan fingerprint density at radius 1 is 1.28 bits per heavy atom. The Bertz CT molecular complexity index is 656. The van der Waals surface area contributed by atoms with Gasteiger partial charge in [-0.25, -0.2) is 0 Å². The second-order valence-electron chi connectivity index (χ2n) is 7.16. The zero-order valence-electron chi connectivity index (χ0n) is 14.7. The fraction of sp³-hybridized carbons (Fsp3) is 0.611. The minimum Gasteiger partial charge on any atom is -0.366 e. The number of hydrogen-bond donors (Lipinski definition) is 1. The van der Waals surface area contributed by atoms with Gasteiger partial charge in [0.25, 0.3) is 11.6 Å². The van der Waals surface area contributed by atoms with Gasteiger partial charge in [-0.1, -0.05) is 6.92 Å². The Morgan fingerprint density at radius 3 is 2.64 bits per heavy atom. The number of nitrogens with two attached hydrogens (primary N) is 1. The largest absolute Gasteiger partial charge is 0.366 e. The van der Waals surface area contributed by atoms with Gasteiger partial charge in [-0.2, -0.15) is 0 Å². The first-order chi connectivity index (χ1) is 12.0. The van der Waals surface area contributed by atoms with Crippen LogP contribution in [-0.4, -0.2) is 48.0 Å². The van der Waals surface area contributed by atoms with E-state index in [2.05, 4.69) is 11.8 Å². The second-order valence-corrected chi connectivity index (χ2v) is 7.16. The van der Waals surface area contributed by atoms with Gasteiger partial charge < -0.3 is 15.5 Å². The van der Waals surface area contributed by atoms with Crippen LogP contribution in [-0.2, 0) is 0 Å². The molecule has 136 valence electrons. The summed E-state index contributed by atoms with van der Waals surface area (Å²) in [5, 5.41) is 11.6. The molecule has 2 aliphatic rings. The zero-order chi connectivity index (χ0) is 18.0. The molecular formula is C18H26N4O3. The summed E-state index contributed by atoms with van der Waals surface area (Å²) >= 11 is 0. The number of carbonyl (C=O) groups is 1. The maximum absolute atomic E-state index is 12.8. The highest BCUT2D eigenvalue weighted by Crippen LogP contribution is 2.33. The lowest BCUT2D eigenvalue weighted by Crippen LogP contribution is -2.40. The molecule has 0 bridgehead atoms. The fourth-order valence-electron chi connectivity index (χ4n) is 3.83. The van der Waals surface area contributed by atoms with Crippen LogP contribution in [0, 0.1) is 16.0 Å². The summed E-state index contributed by atoms with van der Waals surface area (Å²) in [5.74, 6) is 0.495. The van der Waals surface area contributed by atoms with Gasteiger partial charge in [0, 0.05) is 43.9 Å². The van der Waals surface area contributed by atoms with E-state index in [4.69, 9.17) is 5.73 Å². The topological polar surface area (TPSA) is 92.7 Å². The molecule has 7 nitrogen and oxygen atoms in total. The molecule has 1 amide bonds. The molecule has 7 heteroatoms. The summed E-state index contributed by atoms with van der Waals surface area (Å²) in [6.07, 6.45) is 3.89. The Hall–Kier alpha value is -2.15. The monoisotopic (exact) mass is 346 g/mol. The Morgan fingerprint density at radius 2 is 2.00 bits per heavy atom. The lowest BCUT2D eigenvalue weighted by Gasteiger charge is -2.32. The van der Waals surface area contributed by atoms with Crippen LogP contribution in [0.15, 0.2) is 18.2 Å². The van der Waals surface area contributed by atoms with Crippen molar-refractivity contribution in [1.82, 2.24) is 4.90 Å². The van der Waals surface area contributed by atoms with E-state index in [-0.39, 0.29) is 22.6 Å². The van der Waals surface area contributed by atoms with Gasteiger partial charge in [0.1, 0.15) is 5.69 Å². The molecule has 1 atom stereocenters. The minimum atomic E-state index is -0.380. The predicted molar refractivity (Wildman–Crippen MR) is 96.8 cm³/mol. The van der Waals surface area contributed by atoms with Gasteiger partial charge in [0.2, 0.25) is 0 Å². The molecule has 2 aliphatic heterocycles. The van der Waals surface area contributed by atoms with Crippen LogP contribution in [0.5, 0.6) is 0 Å². The third kappa shape index (κ3) is 3.61. The van der Waals surface area contributed by atoms with Crippen LogP contribution in [0.25, 0.3) is 0 Å². The quantitative estimate of drug-likeness (QED) is 0.667. The van der Waals surface area contributed by atoms with E-state index in [1.165, 1.54) is 6.07 Å². The molecule has 0 saturated carbocycles. The molecule has 1 unspecified atom stereocenters. The number of nitrogens with zero attached hydrogens (tertiary/aromatic N) is 3. The van der Waals surface area contributed by atoms with Gasteiger partial charge >= 0.3 is 0 Å². The summed E-state index contributed by atoms with van der Waals surface area (Å²) in [4.78, 5) is 27.8. The predicted octanol–water partition coefficient (Wildman–Crippen LogP) is 2.39. The van der Waals surface area contributed by atoms with E-state index >= 15 is 0 Å². The first kappa shape index (κ1) is 17.7. The molecule has 2 heterocycles. The maximum atomic E-state index is 12.8. The number of anilines is 1. The number of carbonyl (C=O) groups excluding carboxylic acids is 1. The van der Waals surface area contributed by atoms with Crippen molar-refractivity contribution >= 4 is 17.3 Å². The van der Waals surface area contributed by atoms with Crippen molar-refractivity contribution in [2.45, 2.75) is 38.6 Å². The van der Waals surface area contributed by atoms with Crippen LogP contribution in [0.2, 0.25) is 0 Å². The number of nitro groups is 1. The summed E-state index contributed by atoms with van der Waals surface area (Å²) in [7, 11) is 0. The number of hydrogen-bond acceptors (Lipinski definition) is 5. The molecule has 2 saturated heterocycles. The highest BCUT2D eigenvalue weighted by Gasteiger charge is 2.30. The molecule has 0 radical (unpaired) electrons. The van der Waals surface area contributed by atoms with E-state index in [0.717, 1.165) is 38.8 Å². The van der Waals surface area contributed by atoms with E-state index < -0.39 is 0 Å². The third-order valence-electron chi connectivity index (χ3n) is 5.45. The maximum Gasteiger partial charge on any atom is 0.293 e. The van der Waals surface area contributed by atoms with Crippen LogP contribution < -0.4 is 10.6 Å². The number of rotatable bonds is 4. The molecule has 2 fully saturated rings. The third-order valence-corrected chi connectivity index (χ3v) is 5.45. The lowest BCUT2D eigenvalue weighted by atomic mass is 9.98. The van der Waals surface area contributed by atoms with Gasteiger partial charge in [0.05, 0.1) is 4.92 Å². The zero-order valence-corrected chi connectivity index (χ0v) is 14.7. The smallest absolute Gasteiger partial charge is 0.293 e. The van der Waals surface area contributed by atoms with Crippen molar-refractivity contribution in [3.05, 3.63) is 33.9 Å². The molecule has 0 aromatic heterocycles. The van der Waals surface area contributed by atoms with Gasteiger partial charge in [-0.3, -0.25) is 14.9 Å². The molecule has 1 aromatic carbocycles. The lowest BCUT2D eigenvalue weighted by molar-refractivity contribution is -0.384. The van der Waals surface area contributed by atoms with Crippen molar-refractivity contribution in [2.24, 2.45) is 11.7 Å². The first-order valence-electron chi connectivity index (χ1n) is 9.05. The van der Waals surface area contributed by atoms with Crippen LogP contribution in [0.3, 0.4) is 0 Å². The second kappa shape index (κ2) is 7.39. The number of likely N-dealkylation sites (tertiary alicyclic amines) is 1. The summed E-state index contributed by atoms with van der Waals surface area (Å²) in [6, 6.07) is 4.92. The first-order valence-corrected chi connectivity index (χ1v) is 9.05. The van der Waals surface area contributed by atoms with Crippen molar-refractivity contribution in [3.8, 4) is 0 Å². The summed E-state index contributed by atoms with van der Waals surface area (Å²) < 4.78 is 0. The van der Waals surface area contributed by atoms with Gasteiger partial charge in [-0.05, 0) is 43.7 Å². The van der Waals surface area contributed by atoms with E-state index in [1.807, 2.05) is 0 Å². The van der Waals surface area contributed by atoms with E-state index in [1.54, 1.807) is 17.0 Å². The average molecular weight is 346 g/mol. The summed E-state index contributed by atoms with van der Waals surface area (Å²) in [5.41, 5.74) is 6.75. The van der Waals surface area contributed by atoms with Crippen molar-refractivity contribution in [3.63, 3.8) is 0 Å². The molecule has 3 rings (SSSR count). The van der Waals surface area contributed by atoms with Gasteiger partial charge in [0.15, 0.2) is 0 Å². The molecular weight excluding hydrogens is 320 g/mol.